The van der Waals surface area contributed by atoms with E-state index in [0.717, 1.165) is 36.6 Å². The lowest BCUT2D eigenvalue weighted by atomic mass is 10.1. The van der Waals surface area contributed by atoms with Crippen molar-refractivity contribution in [1.82, 2.24) is 5.32 Å². The number of piperazine rings is 1. The summed E-state index contributed by atoms with van der Waals surface area (Å²) < 4.78 is 0. The third-order valence-corrected chi connectivity index (χ3v) is 5.13. The number of hydrogen-bond donors (Lipinski definition) is 3. The Morgan fingerprint density at radius 2 is 2.04 bits per heavy atom. The molecule has 4 nitrogen and oxygen atoms in total. The van der Waals surface area contributed by atoms with E-state index in [2.05, 4.69) is 41.5 Å². The molecule has 0 unspecified atom stereocenters. The van der Waals surface area contributed by atoms with Crippen LogP contribution in [0.3, 0.4) is 0 Å². The van der Waals surface area contributed by atoms with Gasteiger partial charge in [-0.25, -0.2) is 0 Å². The fourth-order valence-electron chi connectivity index (χ4n) is 3.20. The summed E-state index contributed by atoms with van der Waals surface area (Å²) in [6.07, 6.45) is 0. The molecule has 0 spiro atoms. The molecule has 1 saturated heterocycles. The van der Waals surface area contributed by atoms with Gasteiger partial charge in [-0.1, -0.05) is 29.3 Å². The van der Waals surface area contributed by atoms with Crippen molar-refractivity contribution in [3.8, 4) is 0 Å². The van der Waals surface area contributed by atoms with Gasteiger partial charge in [-0.2, -0.15) is 0 Å². The van der Waals surface area contributed by atoms with Crippen LogP contribution in [0.1, 0.15) is 25.5 Å². The second-order valence-corrected chi connectivity index (χ2v) is 7.45. The molecular weight excluding hydrogens is 355 g/mol. The van der Waals surface area contributed by atoms with E-state index in [4.69, 9.17) is 28.9 Å². The van der Waals surface area contributed by atoms with Gasteiger partial charge in [0.1, 0.15) is 0 Å². The molecule has 0 radical (unpaired) electrons. The second kappa shape index (κ2) is 7.73. The van der Waals surface area contributed by atoms with Gasteiger partial charge in [0.15, 0.2) is 0 Å². The quantitative estimate of drug-likeness (QED) is 0.683. The molecule has 6 heteroatoms. The number of benzene rings is 2. The average molecular weight is 379 g/mol. The number of nitrogens with zero attached hydrogens (tertiary/aromatic N) is 1. The van der Waals surface area contributed by atoms with Crippen molar-refractivity contribution in [2.75, 3.05) is 35.6 Å². The predicted molar refractivity (Wildman–Crippen MR) is 109 cm³/mol. The normalized spacial score (nSPS) is 18.9. The van der Waals surface area contributed by atoms with Crippen molar-refractivity contribution < 1.29 is 0 Å². The molecule has 2 aromatic carbocycles. The van der Waals surface area contributed by atoms with Gasteiger partial charge >= 0.3 is 0 Å². The molecule has 0 saturated carbocycles. The number of nitrogen functional groups attached to an aromatic ring is 1. The summed E-state index contributed by atoms with van der Waals surface area (Å²) in [4.78, 5) is 2.38. The first-order valence-corrected chi connectivity index (χ1v) is 9.29. The first-order valence-electron chi connectivity index (χ1n) is 8.53. The first kappa shape index (κ1) is 18.2. The highest BCUT2D eigenvalue weighted by molar-refractivity contribution is 6.35. The lowest BCUT2D eigenvalue weighted by Gasteiger charge is -2.34. The Hall–Kier alpha value is -1.62. The van der Waals surface area contributed by atoms with Crippen LogP contribution in [0.5, 0.6) is 0 Å². The molecule has 3 rings (SSSR count). The SMILES string of the molecule is C[C@@H]1CN(c2ccc(N)c(N[C@H](C)c3ccc(Cl)cc3Cl)c2)CCN1. The van der Waals surface area contributed by atoms with Gasteiger partial charge in [0.05, 0.1) is 17.4 Å². The maximum Gasteiger partial charge on any atom is 0.0599 e. The van der Waals surface area contributed by atoms with Gasteiger partial charge in [-0.3, -0.25) is 0 Å². The highest BCUT2D eigenvalue weighted by Crippen LogP contribution is 2.32. The van der Waals surface area contributed by atoms with E-state index in [-0.39, 0.29) is 6.04 Å². The number of rotatable bonds is 4. The molecule has 0 bridgehead atoms. The van der Waals surface area contributed by atoms with E-state index in [1.807, 2.05) is 18.2 Å². The van der Waals surface area contributed by atoms with Gasteiger partial charge in [0.2, 0.25) is 0 Å². The van der Waals surface area contributed by atoms with Crippen LogP contribution >= 0.6 is 23.2 Å². The predicted octanol–water partition coefficient (Wildman–Crippen LogP) is 4.55. The second-order valence-electron chi connectivity index (χ2n) is 6.60. The zero-order valence-corrected chi connectivity index (χ0v) is 16.0. The number of halogens is 2. The minimum Gasteiger partial charge on any atom is -0.397 e. The summed E-state index contributed by atoms with van der Waals surface area (Å²) in [6.45, 7) is 7.24. The van der Waals surface area contributed by atoms with Crippen molar-refractivity contribution in [1.29, 1.82) is 0 Å². The molecule has 2 aromatic rings. The van der Waals surface area contributed by atoms with Crippen LogP contribution in [0, 0.1) is 0 Å². The third-order valence-electron chi connectivity index (χ3n) is 4.57. The summed E-state index contributed by atoms with van der Waals surface area (Å²) in [5, 5.41) is 8.23. The van der Waals surface area contributed by atoms with E-state index in [9.17, 15) is 0 Å². The largest absolute Gasteiger partial charge is 0.397 e. The van der Waals surface area contributed by atoms with Crippen molar-refractivity contribution in [3.63, 3.8) is 0 Å². The van der Waals surface area contributed by atoms with Crippen molar-refractivity contribution in [2.24, 2.45) is 0 Å². The molecule has 2 atom stereocenters. The number of nitrogens with two attached hydrogens (primary N) is 1. The van der Waals surface area contributed by atoms with E-state index < -0.39 is 0 Å². The maximum absolute atomic E-state index is 6.33. The molecule has 1 heterocycles. The lowest BCUT2D eigenvalue weighted by Crippen LogP contribution is -2.49. The number of anilines is 3. The van der Waals surface area contributed by atoms with Crippen LogP contribution in [0.2, 0.25) is 10.0 Å². The molecule has 25 heavy (non-hydrogen) atoms. The van der Waals surface area contributed by atoms with Crippen molar-refractivity contribution in [3.05, 3.63) is 52.0 Å². The van der Waals surface area contributed by atoms with E-state index in [1.54, 1.807) is 6.07 Å². The summed E-state index contributed by atoms with van der Waals surface area (Å²) in [7, 11) is 0. The molecule has 0 aromatic heterocycles. The van der Waals surface area contributed by atoms with Crippen LogP contribution < -0.4 is 21.3 Å². The number of nitrogens with one attached hydrogen (secondary N) is 2. The molecule has 1 fully saturated rings. The Bertz CT molecular complexity index is 750. The van der Waals surface area contributed by atoms with Gasteiger partial charge in [0.25, 0.3) is 0 Å². The molecule has 0 aliphatic carbocycles. The van der Waals surface area contributed by atoms with Crippen molar-refractivity contribution >= 4 is 40.3 Å². The monoisotopic (exact) mass is 378 g/mol. The lowest BCUT2D eigenvalue weighted by molar-refractivity contribution is 0.485. The first-order chi connectivity index (χ1) is 11.9. The zero-order chi connectivity index (χ0) is 18.0. The topological polar surface area (TPSA) is 53.3 Å². The van der Waals surface area contributed by atoms with Gasteiger partial charge < -0.3 is 21.3 Å². The number of hydrogen-bond acceptors (Lipinski definition) is 4. The van der Waals surface area contributed by atoms with Gasteiger partial charge in [-0.15, -0.1) is 0 Å². The maximum atomic E-state index is 6.33. The van der Waals surface area contributed by atoms with Crippen LogP contribution in [-0.2, 0) is 0 Å². The average Bonchev–Trinajstić information content (AvgIpc) is 2.56. The molecular formula is C19H24Cl2N4. The molecule has 1 aliphatic rings. The minimum absolute atomic E-state index is 0.0178. The van der Waals surface area contributed by atoms with Crippen LogP contribution in [0.4, 0.5) is 17.1 Å². The Morgan fingerprint density at radius 3 is 2.76 bits per heavy atom. The molecule has 134 valence electrons. The van der Waals surface area contributed by atoms with E-state index in [1.165, 1.54) is 5.69 Å². The minimum atomic E-state index is 0.0178. The zero-order valence-electron chi connectivity index (χ0n) is 14.5. The van der Waals surface area contributed by atoms with Crippen LogP contribution in [-0.4, -0.2) is 25.7 Å². The van der Waals surface area contributed by atoms with E-state index in [0.29, 0.717) is 16.1 Å². The molecule has 1 aliphatic heterocycles. The fourth-order valence-corrected chi connectivity index (χ4v) is 3.77. The Kier molecular flexibility index (Phi) is 5.62. The summed E-state index contributed by atoms with van der Waals surface area (Å²) >= 11 is 12.3. The molecule has 0 amide bonds. The van der Waals surface area contributed by atoms with Crippen molar-refractivity contribution in [2.45, 2.75) is 25.9 Å². The van der Waals surface area contributed by atoms with Crippen LogP contribution in [0.15, 0.2) is 36.4 Å². The smallest absolute Gasteiger partial charge is 0.0599 e. The summed E-state index contributed by atoms with van der Waals surface area (Å²) in [6, 6.07) is 12.2. The third kappa shape index (κ3) is 4.32. The van der Waals surface area contributed by atoms with E-state index >= 15 is 0 Å². The van der Waals surface area contributed by atoms with Gasteiger partial charge in [0, 0.05) is 41.4 Å². The molecule has 4 N–H and O–H groups in total. The van der Waals surface area contributed by atoms with Crippen LogP contribution in [0.25, 0.3) is 0 Å². The summed E-state index contributed by atoms with van der Waals surface area (Å²) in [5.74, 6) is 0. The standard InChI is InChI=1S/C19H24Cl2N4/c1-12-11-25(8-7-23-12)15-4-6-18(22)19(10-15)24-13(2)16-5-3-14(20)9-17(16)21/h3-6,9-10,12-13,23-24H,7-8,11,22H2,1-2H3/t12-,13-/m1/s1. The fraction of sp³-hybridized carbons (Fsp3) is 0.368. The Labute approximate surface area is 159 Å². The van der Waals surface area contributed by atoms with Gasteiger partial charge in [-0.05, 0) is 49.7 Å². The summed E-state index contributed by atoms with van der Waals surface area (Å²) in [5.41, 5.74) is 10.0. The Balaban J connectivity index is 1.80. The highest BCUT2D eigenvalue weighted by atomic mass is 35.5. The Morgan fingerprint density at radius 1 is 1.24 bits per heavy atom. The highest BCUT2D eigenvalue weighted by Gasteiger charge is 2.17.